The number of benzene rings is 1. The summed E-state index contributed by atoms with van der Waals surface area (Å²) in [6.45, 7) is 13.4. The number of fused-ring (bicyclic) bond motifs is 2. The van der Waals surface area contributed by atoms with Crippen LogP contribution < -0.4 is 19.9 Å². The molecule has 10 rings (SSSR count). The number of anilines is 2. The first-order valence-electron chi connectivity index (χ1n) is 21.9. The molecule has 320 valence electrons. The molecule has 60 heavy (non-hydrogen) atoms. The molecule has 15 nitrogen and oxygen atoms in total. The lowest BCUT2D eigenvalue weighted by Crippen LogP contribution is -2.54. The standard InChI is InChI=1S/C44H54FN11O4.2H2/c1-27-22-52(23-28-7-13-53(14-8-28)35-4-3-30-32(40(35)45)25-56(43(30)59)36-5-6-38(57)49-42(36)58)17-18-55(27)24-29-9-15-54(16-10-29)37-20-33(47-26-48-37)41-31-19-39(60-44(2)11-12-44)46-21-34(31)50-51-41;;/h3-4,19-21,26-29,36H,5-18,22-25H2,1-2H3,(H,50,51)(H,49,57,58);2*1H/t27-,36?;;/m0../s1. The molecular weight excluding hydrogens is 766 g/mol. The van der Waals surface area contributed by atoms with E-state index in [9.17, 15) is 14.4 Å². The number of rotatable bonds is 10. The van der Waals surface area contributed by atoms with Gasteiger partial charge in [-0.15, -0.1) is 0 Å². The van der Waals surface area contributed by atoms with Gasteiger partial charge in [0.2, 0.25) is 17.7 Å². The van der Waals surface area contributed by atoms with E-state index in [0.29, 0.717) is 40.6 Å². The third-order valence-electron chi connectivity index (χ3n) is 14.0. The number of carbonyl (C=O) groups excluding carboxylic acids is 3. The van der Waals surface area contributed by atoms with Crippen LogP contribution in [0.15, 0.2) is 36.8 Å². The Hall–Kier alpha value is -5.22. The summed E-state index contributed by atoms with van der Waals surface area (Å²) in [5.74, 6) is 1.21. The first-order chi connectivity index (χ1) is 29.1. The molecule has 3 aromatic heterocycles. The number of nitrogens with zero attached hydrogens (tertiary/aromatic N) is 9. The van der Waals surface area contributed by atoms with E-state index in [0.717, 1.165) is 126 Å². The molecule has 1 aromatic carbocycles. The number of aromatic nitrogens is 5. The van der Waals surface area contributed by atoms with Gasteiger partial charge in [0.05, 0.1) is 29.6 Å². The summed E-state index contributed by atoms with van der Waals surface area (Å²) in [5, 5.41) is 11.0. The smallest absolute Gasteiger partial charge is 0.255 e. The molecule has 16 heteroatoms. The Morgan fingerprint density at radius 2 is 1.68 bits per heavy atom. The van der Waals surface area contributed by atoms with Crippen molar-refractivity contribution in [3.8, 4) is 17.3 Å². The van der Waals surface area contributed by atoms with Crippen molar-refractivity contribution in [3.05, 3.63) is 53.7 Å². The van der Waals surface area contributed by atoms with Crippen LogP contribution in [0.5, 0.6) is 5.88 Å². The molecule has 5 fully saturated rings. The van der Waals surface area contributed by atoms with Crippen LogP contribution in [0, 0.1) is 17.7 Å². The molecule has 1 saturated carbocycles. The second-order valence-electron chi connectivity index (χ2n) is 18.2. The quantitative estimate of drug-likeness (QED) is 0.210. The summed E-state index contributed by atoms with van der Waals surface area (Å²) >= 11 is 0. The first kappa shape index (κ1) is 38.9. The maximum Gasteiger partial charge on any atom is 0.255 e. The van der Waals surface area contributed by atoms with Crippen molar-refractivity contribution in [1.29, 1.82) is 0 Å². The highest BCUT2D eigenvalue weighted by atomic mass is 19.1. The van der Waals surface area contributed by atoms with Crippen molar-refractivity contribution in [2.45, 2.75) is 89.4 Å². The topological polar surface area (TPSA) is 156 Å². The zero-order valence-electron chi connectivity index (χ0n) is 34.5. The van der Waals surface area contributed by atoms with Crippen LogP contribution in [0.2, 0.25) is 0 Å². The molecule has 0 bridgehead atoms. The number of imide groups is 1. The number of nitrogens with one attached hydrogen (secondary N) is 2. The van der Waals surface area contributed by atoms with Gasteiger partial charge in [0.25, 0.3) is 5.91 Å². The number of H-pyrrole nitrogens is 1. The molecule has 5 aliphatic heterocycles. The maximum atomic E-state index is 16.0. The molecule has 8 heterocycles. The SMILES string of the molecule is C[C@H]1CN(CC2CCN(c3ccc4c(c3F)CN(C3CCC(=O)NC3=O)C4=O)CC2)CCN1CC1CCN(c2cc(-c3n[nH]c4cnc(OC5(C)CC5)cc34)ncn2)CC1.[HH].[HH]. The molecule has 3 amide bonds. The van der Waals surface area contributed by atoms with Gasteiger partial charge in [0.1, 0.15) is 29.5 Å². The second-order valence-corrected chi connectivity index (χ2v) is 18.2. The predicted molar refractivity (Wildman–Crippen MR) is 227 cm³/mol. The van der Waals surface area contributed by atoms with Crippen molar-refractivity contribution < 1.29 is 26.4 Å². The lowest BCUT2D eigenvalue weighted by Gasteiger charge is -2.44. The van der Waals surface area contributed by atoms with Crippen LogP contribution in [-0.4, -0.2) is 134 Å². The van der Waals surface area contributed by atoms with E-state index in [1.54, 1.807) is 24.7 Å². The number of hydrogen-bond acceptors (Lipinski definition) is 12. The highest BCUT2D eigenvalue weighted by molar-refractivity contribution is 6.05. The summed E-state index contributed by atoms with van der Waals surface area (Å²) in [4.78, 5) is 62.2. The second kappa shape index (κ2) is 15.7. The summed E-state index contributed by atoms with van der Waals surface area (Å²) < 4.78 is 22.1. The number of piperazine rings is 1. The molecule has 2 N–H and O–H groups in total. The van der Waals surface area contributed by atoms with Crippen molar-refractivity contribution >= 4 is 40.1 Å². The van der Waals surface area contributed by atoms with Gasteiger partial charge in [-0.2, -0.15) is 5.10 Å². The highest BCUT2D eigenvalue weighted by Gasteiger charge is 2.42. The van der Waals surface area contributed by atoms with Crippen LogP contribution in [0.1, 0.15) is 84.0 Å². The largest absolute Gasteiger partial charge is 0.471 e. The Morgan fingerprint density at radius 1 is 0.917 bits per heavy atom. The van der Waals surface area contributed by atoms with E-state index in [2.05, 4.69) is 70.0 Å². The summed E-state index contributed by atoms with van der Waals surface area (Å²) in [5.41, 5.74) is 3.50. The Balaban J connectivity index is 0.00000264. The van der Waals surface area contributed by atoms with Crippen molar-refractivity contribution in [2.24, 2.45) is 11.8 Å². The van der Waals surface area contributed by atoms with E-state index < -0.39 is 11.9 Å². The highest BCUT2D eigenvalue weighted by Crippen LogP contribution is 2.40. The molecule has 2 atom stereocenters. The van der Waals surface area contributed by atoms with E-state index in [4.69, 9.17) is 4.74 Å². The van der Waals surface area contributed by atoms with Gasteiger partial charge in [-0.1, -0.05) is 0 Å². The van der Waals surface area contributed by atoms with Gasteiger partial charge in [-0.3, -0.25) is 29.7 Å². The van der Waals surface area contributed by atoms with E-state index >= 15 is 4.39 Å². The molecule has 1 unspecified atom stereocenters. The Kier molecular flexibility index (Phi) is 10.2. The van der Waals surface area contributed by atoms with Crippen LogP contribution in [0.3, 0.4) is 0 Å². The summed E-state index contributed by atoms with van der Waals surface area (Å²) in [6, 6.07) is 7.18. The molecule has 4 saturated heterocycles. The monoisotopic (exact) mass is 823 g/mol. The average Bonchev–Trinajstić information content (AvgIpc) is 3.66. The van der Waals surface area contributed by atoms with Crippen LogP contribution >= 0.6 is 0 Å². The lowest BCUT2D eigenvalue weighted by molar-refractivity contribution is -0.136. The molecule has 0 radical (unpaired) electrons. The number of carbonyl (C=O) groups is 3. The van der Waals surface area contributed by atoms with E-state index in [-0.39, 0.29) is 45.5 Å². The third kappa shape index (κ3) is 7.68. The van der Waals surface area contributed by atoms with Crippen LogP contribution in [0.25, 0.3) is 22.3 Å². The number of halogens is 1. The number of ether oxygens (including phenoxy) is 1. The number of hydrogen-bond donors (Lipinski definition) is 2. The fraction of sp³-hybridized carbons (Fsp3) is 0.568. The van der Waals surface area contributed by atoms with Crippen LogP contribution in [0.4, 0.5) is 15.9 Å². The fourth-order valence-corrected chi connectivity index (χ4v) is 10.1. The molecule has 4 aromatic rings. The van der Waals surface area contributed by atoms with E-state index in [1.807, 2.05) is 6.07 Å². The van der Waals surface area contributed by atoms with Gasteiger partial charge < -0.3 is 24.3 Å². The summed E-state index contributed by atoms with van der Waals surface area (Å²) in [7, 11) is 0. The van der Waals surface area contributed by atoms with Crippen molar-refractivity contribution in [2.75, 3.05) is 68.7 Å². The maximum absolute atomic E-state index is 16.0. The molecule has 1 aliphatic carbocycles. The van der Waals surface area contributed by atoms with Crippen LogP contribution in [-0.2, 0) is 16.1 Å². The minimum Gasteiger partial charge on any atom is -0.471 e. The van der Waals surface area contributed by atoms with Gasteiger partial charge in [0, 0.05) is 103 Å². The summed E-state index contributed by atoms with van der Waals surface area (Å²) in [6.07, 6.45) is 10.2. The molecule has 6 aliphatic rings. The van der Waals surface area contributed by atoms with Gasteiger partial charge >= 0.3 is 0 Å². The predicted octanol–water partition coefficient (Wildman–Crippen LogP) is 4.88. The number of pyridine rings is 1. The Morgan fingerprint density at radius 3 is 2.43 bits per heavy atom. The van der Waals surface area contributed by atoms with Crippen molar-refractivity contribution in [3.63, 3.8) is 0 Å². The molecular formula is C44H58FN11O4. The van der Waals surface area contributed by atoms with Gasteiger partial charge in [-0.05, 0) is 82.8 Å². The average molecular weight is 824 g/mol. The Bertz CT molecular complexity index is 2310. The third-order valence-corrected chi connectivity index (χ3v) is 14.0. The normalized spacial score (nSPS) is 24.3. The van der Waals surface area contributed by atoms with Crippen molar-refractivity contribution in [1.82, 2.24) is 45.2 Å². The van der Waals surface area contributed by atoms with E-state index in [1.165, 1.54) is 4.90 Å². The number of amides is 3. The lowest BCUT2D eigenvalue weighted by atomic mass is 9.93. The Labute approximate surface area is 352 Å². The number of piperidine rings is 3. The minimum atomic E-state index is -0.755. The van der Waals surface area contributed by atoms with Gasteiger partial charge in [0.15, 0.2) is 5.82 Å². The molecule has 0 spiro atoms. The zero-order valence-corrected chi connectivity index (χ0v) is 34.5. The fourth-order valence-electron chi connectivity index (χ4n) is 10.1. The number of aromatic amines is 1. The zero-order chi connectivity index (χ0) is 41.1. The minimum absolute atomic E-state index is 0. The first-order valence-corrected chi connectivity index (χ1v) is 21.9. The van der Waals surface area contributed by atoms with Gasteiger partial charge in [-0.25, -0.2) is 19.3 Å².